The van der Waals surface area contributed by atoms with Crippen molar-refractivity contribution in [3.05, 3.63) is 57.6 Å². The summed E-state index contributed by atoms with van der Waals surface area (Å²) in [6.07, 6.45) is 0. The van der Waals surface area contributed by atoms with Gasteiger partial charge in [-0.15, -0.1) is 0 Å². The molecule has 0 saturated heterocycles. The van der Waals surface area contributed by atoms with E-state index in [1.54, 1.807) is 26.0 Å². The van der Waals surface area contributed by atoms with Crippen molar-refractivity contribution < 1.29 is 13.2 Å². The maximum atomic E-state index is 12.6. The number of anilines is 1. The van der Waals surface area contributed by atoms with Crippen LogP contribution in [-0.4, -0.2) is 20.4 Å². The van der Waals surface area contributed by atoms with Gasteiger partial charge < -0.3 is 5.32 Å². The van der Waals surface area contributed by atoms with E-state index >= 15 is 0 Å². The zero-order chi connectivity index (χ0) is 18.8. The van der Waals surface area contributed by atoms with Crippen molar-refractivity contribution in [2.24, 2.45) is 0 Å². The Kier molecular flexibility index (Phi) is 5.98. The van der Waals surface area contributed by atoms with Gasteiger partial charge in [-0.25, -0.2) is 8.42 Å². The van der Waals surface area contributed by atoms with Crippen LogP contribution in [0.15, 0.2) is 41.3 Å². The monoisotopic (exact) mass is 400 g/mol. The molecular formula is C17H18Cl2N2O3S. The number of hydrogen-bond donors (Lipinski definition) is 2. The smallest absolute Gasteiger partial charge is 0.261 e. The van der Waals surface area contributed by atoms with E-state index in [0.717, 1.165) is 5.56 Å². The lowest BCUT2D eigenvalue weighted by atomic mass is 10.2. The number of rotatable bonds is 5. The molecule has 5 nitrogen and oxygen atoms in total. The Morgan fingerprint density at radius 1 is 1.04 bits per heavy atom. The van der Waals surface area contributed by atoms with Gasteiger partial charge in [0.05, 0.1) is 21.2 Å². The predicted octanol–water partition coefficient (Wildman–Crippen LogP) is 4.24. The minimum absolute atomic E-state index is 0.0671. The molecule has 0 fully saturated rings. The first-order valence-electron chi connectivity index (χ1n) is 7.49. The van der Waals surface area contributed by atoms with Crippen LogP contribution in [0.3, 0.4) is 0 Å². The van der Waals surface area contributed by atoms with Crippen LogP contribution in [0.4, 0.5) is 5.69 Å². The van der Waals surface area contributed by atoms with Crippen LogP contribution in [0.1, 0.15) is 29.8 Å². The number of nitrogens with one attached hydrogen (secondary N) is 2. The fourth-order valence-corrected chi connectivity index (χ4v) is 3.52. The van der Waals surface area contributed by atoms with Crippen molar-refractivity contribution in [3.8, 4) is 0 Å². The van der Waals surface area contributed by atoms with Gasteiger partial charge in [0.2, 0.25) is 0 Å². The lowest BCUT2D eigenvalue weighted by molar-refractivity contribution is 0.0943. The molecule has 8 heteroatoms. The number of hydrogen-bond acceptors (Lipinski definition) is 3. The number of sulfonamides is 1. The molecular weight excluding hydrogens is 383 g/mol. The first-order valence-corrected chi connectivity index (χ1v) is 9.73. The van der Waals surface area contributed by atoms with Crippen LogP contribution in [0.5, 0.6) is 0 Å². The van der Waals surface area contributed by atoms with Gasteiger partial charge in [0.15, 0.2) is 0 Å². The molecule has 0 aromatic heterocycles. The summed E-state index contributed by atoms with van der Waals surface area (Å²) in [7, 11) is -3.89. The number of carbonyl (C=O) groups excluding carboxylic acids is 1. The van der Waals surface area contributed by atoms with Crippen LogP contribution in [0, 0.1) is 6.92 Å². The van der Waals surface area contributed by atoms with Crippen molar-refractivity contribution in [2.45, 2.75) is 31.7 Å². The maximum Gasteiger partial charge on any atom is 0.261 e. The third-order valence-electron chi connectivity index (χ3n) is 3.34. The average Bonchev–Trinajstić information content (AvgIpc) is 2.50. The van der Waals surface area contributed by atoms with E-state index in [9.17, 15) is 13.2 Å². The Morgan fingerprint density at radius 3 is 2.32 bits per heavy atom. The fraction of sp³-hybridized carbons (Fsp3) is 0.235. The van der Waals surface area contributed by atoms with Gasteiger partial charge in [0.1, 0.15) is 0 Å². The van der Waals surface area contributed by atoms with Crippen LogP contribution < -0.4 is 10.0 Å². The van der Waals surface area contributed by atoms with E-state index in [-0.39, 0.29) is 21.5 Å². The number of benzene rings is 2. The van der Waals surface area contributed by atoms with Gasteiger partial charge in [0.25, 0.3) is 15.9 Å². The van der Waals surface area contributed by atoms with Gasteiger partial charge in [-0.05, 0) is 56.7 Å². The molecule has 0 aliphatic carbocycles. The first kappa shape index (κ1) is 19.6. The van der Waals surface area contributed by atoms with Crippen molar-refractivity contribution >= 4 is 44.8 Å². The van der Waals surface area contributed by atoms with E-state index in [2.05, 4.69) is 10.0 Å². The first-order chi connectivity index (χ1) is 11.6. The highest BCUT2D eigenvalue weighted by Gasteiger charge is 2.19. The highest BCUT2D eigenvalue weighted by atomic mass is 35.5. The summed E-state index contributed by atoms with van der Waals surface area (Å²) < 4.78 is 27.6. The van der Waals surface area contributed by atoms with Gasteiger partial charge in [-0.1, -0.05) is 29.3 Å². The van der Waals surface area contributed by atoms with Crippen molar-refractivity contribution in [3.63, 3.8) is 0 Å². The molecule has 0 atom stereocenters. The van der Waals surface area contributed by atoms with Gasteiger partial charge in [-0.3, -0.25) is 9.52 Å². The largest absolute Gasteiger partial charge is 0.350 e. The summed E-state index contributed by atoms with van der Waals surface area (Å²) in [4.78, 5) is 12.1. The lowest BCUT2D eigenvalue weighted by Gasteiger charge is -2.13. The van der Waals surface area contributed by atoms with E-state index in [0.29, 0.717) is 10.7 Å². The molecule has 0 heterocycles. The summed E-state index contributed by atoms with van der Waals surface area (Å²) >= 11 is 12.0. The Morgan fingerprint density at radius 2 is 1.72 bits per heavy atom. The summed E-state index contributed by atoms with van der Waals surface area (Å²) in [5.74, 6) is -0.435. The molecule has 25 heavy (non-hydrogen) atoms. The molecule has 0 saturated carbocycles. The van der Waals surface area contributed by atoms with Crippen LogP contribution in [0.2, 0.25) is 10.0 Å². The van der Waals surface area contributed by atoms with Crippen LogP contribution >= 0.6 is 23.2 Å². The highest BCUT2D eigenvalue weighted by molar-refractivity contribution is 7.92. The zero-order valence-electron chi connectivity index (χ0n) is 13.9. The second-order valence-corrected chi connectivity index (χ2v) is 8.34. The molecule has 0 spiro atoms. The normalized spacial score (nSPS) is 11.4. The van der Waals surface area contributed by atoms with Crippen molar-refractivity contribution in [2.75, 3.05) is 4.72 Å². The molecule has 0 bridgehead atoms. The average molecular weight is 401 g/mol. The summed E-state index contributed by atoms with van der Waals surface area (Å²) in [6, 6.07) is 8.72. The summed E-state index contributed by atoms with van der Waals surface area (Å²) in [5, 5.41) is 3.31. The van der Waals surface area contributed by atoms with E-state index in [1.807, 2.05) is 6.92 Å². The number of halogens is 2. The second-order valence-electron chi connectivity index (χ2n) is 5.84. The number of amides is 1. The zero-order valence-corrected chi connectivity index (χ0v) is 16.3. The summed E-state index contributed by atoms with van der Waals surface area (Å²) in [5.41, 5.74) is 1.27. The molecule has 2 rings (SSSR count). The topological polar surface area (TPSA) is 75.3 Å². The van der Waals surface area contributed by atoms with Crippen LogP contribution in [-0.2, 0) is 10.0 Å². The number of aryl methyl sites for hydroxylation is 1. The van der Waals surface area contributed by atoms with Gasteiger partial charge >= 0.3 is 0 Å². The minimum atomic E-state index is -3.89. The third kappa shape index (κ3) is 4.87. The Hall–Kier alpha value is -1.76. The predicted molar refractivity (Wildman–Crippen MR) is 101 cm³/mol. The van der Waals surface area contributed by atoms with E-state index in [4.69, 9.17) is 23.2 Å². The van der Waals surface area contributed by atoms with Gasteiger partial charge in [0, 0.05) is 11.1 Å². The molecule has 1 amide bonds. The third-order valence-corrected chi connectivity index (χ3v) is 5.45. The SMILES string of the molecule is Cc1ccc(NS(=O)(=O)c2ccc(Cl)c(C(=O)NC(C)C)c2)cc1Cl. The quantitative estimate of drug-likeness (QED) is 0.787. The Bertz CT molecular complexity index is 912. The van der Waals surface area contributed by atoms with E-state index in [1.165, 1.54) is 24.3 Å². The highest BCUT2D eigenvalue weighted by Crippen LogP contribution is 2.25. The Labute approximate surface area is 157 Å². The molecule has 134 valence electrons. The maximum absolute atomic E-state index is 12.6. The second kappa shape index (κ2) is 7.64. The Balaban J connectivity index is 2.36. The molecule has 2 aromatic carbocycles. The van der Waals surface area contributed by atoms with Crippen molar-refractivity contribution in [1.82, 2.24) is 5.32 Å². The van der Waals surface area contributed by atoms with Gasteiger partial charge in [-0.2, -0.15) is 0 Å². The standard InChI is InChI=1S/C17H18Cl2N2O3S/c1-10(2)20-17(22)14-9-13(6-7-15(14)18)25(23,24)21-12-5-4-11(3)16(19)8-12/h4-10,21H,1-3H3,(H,20,22). The lowest BCUT2D eigenvalue weighted by Crippen LogP contribution is -2.30. The molecule has 0 aliphatic rings. The van der Waals surface area contributed by atoms with Crippen molar-refractivity contribution in [1.29, 1.82) is 0 Å². The molecule has 0 radical (unpaired) electrons. The fourth-order valence-electron chi connectivity index (χ4n) is 2.06. The van der Waals surface area contributed by atoms with Crippen LogP contribution in [0.25, 0.3) is 0 Å². The molecule has 2 aromatic rings. The number of carbonyl (C=O) groups is 1. The van der Waals surface area contributed by atoms with E-state index < -0.39 is 15.9 Å². The molecule has 0 aliphatic heterocycles. The minimum Gasteiger partial charge on any atom is -0.350 e. The molecule has 0 unspecified atom stereocenters. The summed E-state index contributed by atoms with van der Waals surface area (Å²) in [6.45, 7) is 5.42. The molecule has 2 N–H and O–H groups in total.